The average molecular weight is 497 g/mol. The quantitative estimate of drug-likeness (QED) is 0.322. The van der Waals surface area contributed by atoms with Gasteiger partial charge < -0.3 is 19.2 Å². The van der Waals surface area contributed by atoms with Gasteiger partial charge in [0.05, 0.1) is 27.9 Å². The molecular weight excluding hydrogens is 473 g/mol. The Bertz CT molecular complexity index is 1050. The van der Waals surface area contributed by atoms with Crippen LogP contribution in [0.3, 0.4) is 0 Å². The van der Waals surface area contributed by atoms with Crippen LogP contribution in [0, 0.1) is 0 Å². The second-order valence-corrected chi connectivity index (χ2v) is 8.88. The molecule has 1 heterocycles. The Morgan fingerprint density at radius 1 is 1.03 bits per heavy atom. The molecule has 0 aliphatic heterocycles. The molecule has 0 aliphatic carbocycles. The topological polar surface area (TPSA) is 60.7 Å². The number of carbonyl (C=O) groups is 1. The summed E-state index contributed by atoms with van der Waals surface area (Å²) in [7, 11) is 0. The number of nitrogens with one attached hydrogen (secondary N) is 1. The highest BCUT2D eigenvalue weighted by Crippen LogP contribution is 2.40. The van der Waals surface area contributed by atoms with Crippen LogP contribution < -0.4 is 14.8 Å². The maximum absolute atomic E-state index is 11.3. The number of hydrogen-bond acceptors (Lipinski definition) is 4. The van der Waals surface area contributed by atoms with Crippen molar-refractivity contribution < 1.29 is 18.7 Å². The van der Waals surface area contributed by atoms with Gasteiger partial charge in [-0.15, -0.1) is 11.6 Å². The molecular formula is C24H24Cl3NO4. The highest BCUT2D eigenvalue weighted by Gasteiger charge is 2.25. The first-order chi connectivity index (χ1) is 15.2. The summed E-state index contributed by atoms with van der Waals surface area (Å²) >= 11 is 18.5. The number of furan rings is 1. The van der Waals surface area contributed by atoms with E-state index in [-0.39, 0.29) is 17.9 Å². The molecule has 0 bridgehead atoms. The summed E-state index contributed by atoms with van der Waals surface area (Å²) in [6.07, 6.45) is 1.51. The normalized spacial score (nSPS) is 11.3. The number of hydrogen-bond donors (Lipinski definition) is 1. The van der Waals surface area contributed by atoms with Crippen molar-refractivity contribution in [1.29, 1.82) is 0 Å². The zero-order valence-electron chi connectivity index (χ0n) is 18.0. The van der Waals surface area contributed by atoms with E-state index in [1.54, 1.807) is 6.07 Å². The predicted octanol–water partition coefficient (Wildman–Crippen LogP) is 7.07. The second-order valence-electron chi connectivity index (χ2n) is 7.68. The van der Waals surface area contributed by atoms with Gasteiger partial charge in [-0.25, -0.2) is 0 Å². The lowest BCUT2D eigenvalue weighted by Gasteiger charge is -2.27. The standard InChI is InChI=1S/C24H24Cl3NO4/c1-15(29)28-21-8-10-30-22(21)14-32-18-6-4-16(5-7-18)24(2,3)17-12-19(26)23(20(27)13-17)31-11-9-25/h4-8,10,12-13H,9,11,14H2,1-3H3,(H,28,29). The molecule has 0 radical (unpaired) electrons. The van der Waals surface area contributed by atoms with E-state index in [4.69, 9.17) is 48.7 Å². The molecule has 0 aliphatic rings. The van der Waals surface area contributed by atoms with Gasteiger partial charge in [-0.05, 0) is 35.4 Å². The van der Waals surface area contributed by atoms with Crippen molar-refractivity contribution >= 4 is 46.4 Å². The molecule has 8 heteroatoms. The van der Waals surface area contributed by atoms with Gasteiger partial charge in [-0.2, -0.15) is 0 Å². The highest BCUT2D eigenvalue weighted by molar-refractivity contribution is 6.37. The minimum Gasteiger partial charge on any atom is -0.489 e. The molecule has 0 atom stereocenters. The first-order valence-corrected chi connectivity index (χ1v) is 11.3. The summed E-state index contributed by atoms with van der Waals surface area (Å²) in [4.78, 5) is 11.3. The number of amides is 1. The lowest BCUT2D eigenvalue weighted by atomic mass is 9.78. The molecule has 3 aromatic rings. The van der Waals surface area contributed by atoms with Gasteiger partial charge in [0.15, 0.2) is 11.5 Å². The van der Waals surface area contributed by atoms with Gasteiger partial charge in [-0.1, -0.05) is 49.2 Å². The van der Waals surface area contributed by atoms with Crippen LogP contribution in [0.2, 0.25) is 10.0 Å². The number of ether oxygens (including phenoxy) is 2. The number of benzene rings is 2. The third-order valence-corrected chi connectivity index (χ3v) is 5.76. The molecule has 3 rings (SSSR count). The Morgan fingerprint density at radius 3 is 2.28 bits per heavy atom. The summed E-state index contributed by atoms with van der Waals surface area (Å²) in [6, 6.07) is 13.2. The van der Waals surface area contributed by atoms with Crippen LogP contribution in [0.1, 0.15) is 37.7 Å². The van der Waals surface area contributed by atoms with Gasteiger partial charge in [0, 0.05) is 18.4 Å². The fourth-order valence-electron chi connectivity index (χ4n) is 3.24. The van der Waals surface area contributed by atoms with E-state index in [9.17, 15) is 4.79 Å². The molecule has 32 heavy (non-hydrogen) atoms. The lowest BCUT2D eigenvalue weighted by Crippen LogP contribution is -2.19. The molecule has 0 fully saturated rings. The summed E-state index contributed by atoms with van der Waals surface area (Å²) < 4.78 is 16.8. The van der Waals surface area contributed by atoms with Crippen LogP contribution in [0.25, 0.3) is 0 Å². The van der Waals surface area contributed by atoms with Crippen LogP contribution in [-0.2, 0) is 16.8 Å². The molecule has 1 N–H and O–H groups in total. The van der Waals surface area contributed by atoms with Crippen molar-refractivity contribution in [3.8, 4) is 11.5 Å². The van der Waals surface area contributed by atoms with Gasteiger partial charge in [0.1, 0.15) is 19.0 Å². The molecule has 0 unspecified atom stereocenters. The molecule has 0 saturated carbocycles. The van der Waals surface area contributed by atoms with Crippen molar-refractivity contribution in [3.63, 3.8) is 0 Å². The van der Waals surface area contributed by atoms with E-state index < -0.39 is 0 Å². The Hall–Kier alpha value is -2.34. The van der Waals surface area contributed by atoms with Gasteiger partial charge in [0.25, 0.3) is 0 Å². The minimum absolute atomic E-state index is 0.168. The maximum Gasteiger partial charge on any atom is 0.221 e. The lowest BCUT2D eigenvalue weighted by molar-refractivity contribution is -0.114. The molecule has 170 valence electrons. The van der Waals surface area contributed by atoms with Crippen LogP contribution in [-0.4, -0.2) is 18.4 Å². The summed E-state index contributed by atoms with van der Waals surface area (Å²) in [6.45, 7) is 6.15. The van der Waals surface area contributed by atoms with E-state index in [0.717, 1.165) is 11.1 Å². The first-order valence-electron chi connectivity index (χ1n) is 9.98. The van der Waals surface area contributed by atoms with Crippen LogP contribution in [0.15, 0.2) is 53.1 Å². The van der Waals surface area contributed by atoms with E-state index in [2.05, 4.69) is 19.2 Å². The number of anilines is 1. The van der Waals surface area contributed by atoms with E-state index >= 15 is 0 Å². The Kier molecular flexibility index (Phi) is 7.99. The summed E-state index contributed by atoms with van der Waals surface area (Å²) in [5, 5.41) is 3.60. The summed E-state index contributed by atoms with van der Waals surface area (Å²) in [5.74, 6) is 1.84. The zero-order valence-corrected chi connectivity index (χ0v) is 20.3. The van der Waals surface area contributed by atoms with Crippen LogP contribution in [0.4, 0.5) is 5.69 Å². The first kappa shape index (κ1) is 24.3. The number of halogens is 3. The minimum atomic E-state index is -0.365. The zero-order chi connectivity index (χ0) is 23.3. The van der Waals surface area contributed by atoms with Crippen molar-refractivity contribution in [2.45, 2.75) is 32.8 Å². The largest absolute Gasteiger partial charge is 0.489 e. The average Bonchev–Trinajstić information content (AvgIpc) is 3.18. The highest BCUT2D eigenvalue weighted by atomic mass is 35.5. The van der Waals surface area contributed by atoms with Crippen molar-refractivity contribution in [1.82, 2.24) is 0 Å². The smallest absolute Gasteiger partial charge is 0.221 e. The third kappa shape index (κ3) is 5.71. The van der Waals surface area contributed by atoms with Gasteiger partial charge in [0.2, 0.25) is 5.91 Å². The molecule has 2 aromatic carbocycles. The van der Waals surface area contributed by atoms with Crippen molar-refractivity contribution in [3.05, 3.63) is 75.7 Å². The van der Waals surface area contributed by atoms with Crippen LogP contribution >= 0.6 is 34.8 Å². The molecule has 1 amide bonds. The van der Waals surface area contributed by atoms with Crippen molar-refractivity contribution in [2.75, 3.05) is 17.8 Å². The monoisotopic (exact) mass is 495 g/mol. The van der Waals surface area contributed by atoms with Gasteiger partial charge >= 0.3 is 0 Å². The Morgan fingerprint density at radius 2 is 1.69 bits per heavy atom. The Balaban J connectivity index is 1.73. The van der Waals surface area contributed by atoms with E-state index in [1.165, 1.54) is 13.2 Å². The second kappa shape index (κ2) is 10.5. The Labute approximate surface area is 202 Å². The van der Waals surface area contributed by atoms with E-state index in [0.29, 0.717) is 45.5 Å². The molecule has 0 saturated heterocycles. The predicted molar refractivity (Wildman–Crippen MR) is 129 cm³/mol. The summed E-state index contributed by atoms with van der Waals surface area (Å²) in [5.41, 5.74) is 2.25. The fraction of sp³-hybridized carbons (Fsp3) is 0.292. The number of rotatable bonds is 9. The fourth-order valence-corrected chi connectivity index (χ4v) is 3.91. The SMILES string of the molecule is CC(=O)Nc1ccoc1COc1ccc(C(C)(C)c2cc(Cl)c(OCCCl)c(Cl)c2)cc1. The van der Waals surface area contributed by atoms with Crippen LogP contribution in [0.5, 0.6) is 11.5 Å². The van der Waals surface area contributed by atoms with E-state index in [1.807, 2.05) is 36.4 Å². The third-order valence-electron chi connectivity index (χ3n) is 5.05. The molecule has 0 spiro atoms. The number of alkyl halides is 1. The molecule has 5 nitrogen and oxygen atoms in total. The number of carbonyl (C=O) groups excluding carboxylic acids is 1. The maximum atomic E-state index is 11.3. The van der Waals surface area contributed by atoms with Gasteiger partial charge in [-0.3, -0.25) is 4.79 Å². The van der Waals surface area contributed by atoms with Crippen molar-refractivity contribution in [2.24, 2.45) is 0 Å². The molecule has 1 aromatic heterocycles.